The molecule has 0 spiro atoms. The third kappa shape index (κ3) is 6.95. The molecule has 9 heteroatoms. The van der Waals surface area contributed by atoms with Gasteiger partial charge in [0.2, 0.25) is 0 Å². The van der Waals surface area contributed by atoms with E-state index in [1.165, 1.54) is 12.0 Å². The molecule has 38 heavy (non-hydrogen) atoms. The molecule has 4 rings (SSSR count). The van der Waals surface area contributed by atoms with Crippen molar-refractivity contribution >= 4 is 40.6 Å². The Morgan fingerprint density at radius 3 is 2.45 bits per heavy atom. The summed E-state index contributed by atoms with van der Waals surface area (Å²) in [5, 5.41) is 2.44. The summed E-state index contributed by atoms with van der Waals surface area (Å²) in [5.41, 5.74) is 3.44. The maximum Gasteiger partial charge on any atom is 0.293 e. The number of benzene rings is 3. The molecule has 0 unspecified atom stereocenters. The lowest BCUT2D eigenvalue weighted by Gasteiger charge is -2.13. The van der Waals surface area contributed by atoms with Crippen LogP contribution in [0.5, 0.6) is 17.2 Å². The van der Waals surface area contributed by atoms with Crippen molar-refractivity contribution in [2.45, 2.75) is 13.8 Å². The van der Waals surface area contributed by atoms with E-state index in [-0.39, 0.29) is 36.8 Å². The summed E-state index contributed by atoms with van der Waals surface area (Å²) in [6.07, 6.45) is 1.63. The van der Waals surface area contributed by atoms with Gasteiger partial charge in [-0.15, -0.1) is 0 Å². The molecular formula is C29H28N2O6S. The minimum absolute atomic E-state index is 0.149. The van der Waals surface area contributed by atoms with Crippen molar-refractivity contribution in [1.29, 1.82) is 0 Å². The van der Waals surface area contributed by atoms with Crippen LogP contribution in [0, 0.1) is 13.8 Å². The van der Waals surface area contributed by atoms with E-state index in [1.807, 2.05) is 56.3 Å². The predicted molar refractivity (Wildman–Crippen MR) is 148 cm³/mol. The number of ether oxygens (including phenoxy) is 3. The SMILES string of the molecule is COc1cc(/C=C2\SC(=O)N(CCOc3cccc(C)c3)C2=O)ccc1OCC(=O)Nc1cccc(C)c1. The van der Waals surface area contributed by atoms with Crippen molar-refractivity contribution in [3.63, 3.8) is 0 Å². The summed E-state index contributed by atoms with van der Waals surface area (Å²) in [7, 11) is 1.49. The Kier molecular flexibility index (Phi) is 8.70. The highest BCUT2D eigenvalue weighted by atomic mass is 32.2. The first kappa shape index (κ1) is 26.8. The molecule has 1 N–H and O–H groups in total. The summed E-state index contributed by atoms with van der Waals surface area (Å²) in [5.74, 6) is 0.787. The predicted octanol–water partition coefficient (Wildman–Crippen LogP) is 5.44. The van der Waals surface area contributed by atoms with Gasteiger partial charge in [-0.05, 0) is 84.8 Å². The second-order valence-electron chi connectivity index (χ2n) is 8.61. The van der Waals surface area contributed by atoms with Gasteiger partial charge in [-0.1, -0.05) is 30.3 Å². The molecule has 1 aliphatic heterocycles. The lowest BCUT2D eigenvalue weighted by molar-refractivity contribution is -0.123. The summed E-state index contributed by atoms with van der Waals surface area (Å²) in [6.45, 7) is 4.06. The second-order valence-corrected chi connectivity index (χ2v) is 9.61. The summed E-state index contributed by atoms with van der Waals surface area (Å²) >= 11 is 0.877. The van der Waals surface area contributed by atoms with Crippen LogP contribution in [0.25, 0.3) is 6.08 Å². The molecule has 0 atom stereocenters. The number of anilines is 1. The number of nitrogens with zero attached hydrogens (tertiary/aromatic N) is 1. The fraction of sp³-hybridized carbons (Fsp3) is 0.207. The highest BCUT2D eigenvalue weighted by molar-refractivity contribution is 8.18. The van der Waals surface area contributed by atoms with Gasteiger partial charge in [0, 0.05) is 5.69 Å². The molecule has 0 aliphatic carbocycles. The molecule has 1 aliphatic rings. The fourth-order valence-corrected chi connectivity index (χ4v) is 4.63. The molecule has 0 saturated carbocycles. The summed E-state index contributed by atoms with van der Waals surface area (Å²) in [6, 6.07) is 20.1. The molecule has 196 valence electrons. The smallest absolute Gasteiger partial charge is 0.293 e. The molecule has 3 aromatic rings. The maximum atomic E-state index is 12.8. The molecule has 3 amide bonds. The van der Waals surface area contributed by atoms with Gasteiger partial charge >= 0.3 is 0 Å². The topological polar surface area (TPSA) is 94.2 Å². The van der Waals surface area contributed by atoms with E-state index in [1.54, 1.807) is 30.3 Å². The Hall–Kier alpha value is -4.24. The van der Waals surface area contributed by atoms with Crippen LogP contribution in [0.2, 0.25) is 0 Å². The van der Waals surface area contributed by atoms with Crippen LogP contribution >= 0.6 is 11.8 Å². The molecule has 0 bridgehead atoms. The minimum Gasteiger partial charge on any atom is -0.493 e. The fourth-order valence-electron chi connectivity index (χ4n) is 3.76. The Balaban J connectivity index is 1.35. The Labute approximate surface area is 225 Å². The van der Waals surface area contributed by atoms with E-state index in [4.69, 9.17) is 14.2 Å². The van der Waals surface area contributed by atoms with Crippen LogP contribution in [0.1, 0.15) is 16.7 Å². The van der Waals surface area contributed by atoms with Gasteiger partial charge in [0.25, 0.3) is 17.1 Å². The number of imide groups is 1. The molecule has 1 heterocycles. The molecule has 1 saturated heterocycles. The van der Waals surface area contributed by atoms with E-state index in [0.29, 0.717) is 33.4 Å². The number of carbonyl (C=O) groups excluding carboxylic acids is 3. The summed E-state index contributed by atoms with van der Waals surface area (Å²) < 4.78 is 16.8. The van der Waals surface area contributed by atoms with Crippen molar-refractivity contribution in [3.05, 3.63) is 88.3 Å². The largest absolute Gasteiger partial charge is 0.493 e. The van der Waals surface area contributed by atoms with Crippen LogP contribution in [0.3, 0.4) is 0 Å². The van der Waals surface area contributed by atoms with E-state index in [9.17, 15) is 14.4 Å². The van der Waals surface area contributed by atoms with Crippen LogP contribution in [-0.2, 0) is 9.59 Å². The number of methoxy groups -OCH3 is 1. The molecular weight excluding hydrogens is 504 g/mol. The average Bonchev–Trinajstić information content (AvgIpc) is 3.15. The third-order valence-electron chi connectivity index (χ3n) is 5.59. The number of amides is 3. The highest BCUT2D eigenvalue weighted by Crippen LogP contribution is 2.34. The number of aryl methyl sites for hydroxylation is 2. The van der Waals surface area contributed by atoms with Gasteiger partial charge in [0.05, 0.1) is 18.6 Å². The van der Waals surface area contributed by atoms with Gasteiger partial charge in [-0.25, -0.2) is 0 Å². The minimum atomic E-state index is -0.375. The Morgan fingerprint density at radius 1 is 0.947 bits per heavy atom. The van der Waals surface area contributed by atoms with Crippen molar-refractivity contribution in [2.75, 3.05) is 32.2 Å². The van der Waals surface area contributed by atoms with E-state index < -0.39 is 0 Å². The zero-order valence-corrected chi connectivity index (χ0v) is 22.2. The van der Waals surface area contributed by atoms with Gasteiger partial charge in [-0.3, -0.25) is 19.3 Å². The van der Waals surface area contributed by atoms with Gasteiger partial charge in [-0.2, -0.15) is 0 Å². The number of rotatable bonds is 10. The number of hydrogen-bond acceptors (Lipinski definition) is 7. The van der Waals surface area contributed by atoms with Crippen molar-refractivity contribution in [3.8, 4) is 17.2 Å². The standard InChI is InChI=1S/C29H28N2O6S/c1-19-6-4-8-22(14-19)30-27(32)18-37-24-11-10-21(16-25(24)35-3)17-26-28(33)31(29(34)38-26)12-13-36-23-9-5-7-20(2)15-23/h4-11,14-17H,12-13,18H2,1-3H3,(H,30,32)/b26-17-. The van der Waals surface area contributed by atoms with Crippen molar-refractivity contribution < 1.29 is 28.6 Å². The number of hydrogen-bond donors (Lipinski definition) is 1. The molecule has 0 aromatic heterocycles. The van der Waals surface area contributed by atoms with E-state index in [2.05, 4.69) is 5.32 Å². The van der Waals surface area contributed by atoms with E-state index >= 15 is 0 Å². The first-order chi connectivity index (χ1) is 18.3. The summed E-state index contributed by atoms with van der Waals surface area (Å²) in [4.78, 5) is 39.1. The second kappa shape index (κ2) is 12.3. The van der Waals surface area contributed by atoms with Crippen LogP contribution in [-0.4, -0.2) is 48.8 Å². The molecule has 1 fully saturated rings. The third-order valence-corrected chi connectivity index (χ3v) is 6.50. The average molecular weight is 533 g/mol. The van der Waals surface area contributed by atoms with E-state index in [0.717, 1.165) is 22.9 Å². The number of nitrogens with one attached hydrogen (secondary N) is 1. The molecule has 0 radical (unpaired) electrons. The van der Waals surface area contributed by atoms with Crippen LogP contribution in [0.15, 0.2) is 71.6 Å². The lowest BCUT2D eigenvalue weighted by Crippen LogP contribution is -2.32. The zero-order valence-electron chi connectivity index (χ0n) is 21.4. The van der Waals surface area contributed by atoms with Gasteiger partial charge in [0.15, 0.2) is 18.1 Å². The first-order valence-electron chi connectivity index (χ1n) is 11.9. The first-order valence-corrected chi connectivity index (χ1v) is 12.8. The monoisotopic (exact) mass is 532 g/mol. The Morgan fingerprint density at radius 2 is 1.71 bits per heavy atom. The van der Waals surface area contributed by atoms with Crippen molar-refractivity contribution in [2.24, 2.45) is 0 Å². The van der Waals surface area contributed by atoms with Gasteiger partial charge in [0.1, 0.15) is 12.4 Å². The number of carbonyl (C=O) groups is 3. The normalized spacial score (nSPS) is 14.1. The molecule has 8 nitrogen and oxygen atoms in total. The lowest BCUT2D eigenvalue weighted by atomic mass is 10.2. The number of thioether (sulfide) groups is 1. The zero-order chi connectivity index (χ0) is 27.1. The van der Waals surface area contributed by atoms with Crippen LogP contribution in [0.4, 0.5) is 10.5 Å². The van der Waals surface area contributed by atoms with Crippen LogP contribution < -0.4 is 19.5 Å². The van der Waals surface area contributed by atoms with Gasteiger partial charge < -0.3 is 19.5 Å². The van der Waals surface area contributed by atoms with Crippen molar-refractivity contribution in [1.82, 2.24) is 4.90 Å². The highest BCUT2D eigenvalue weighted by Gasteiger charge is 2.34. The quantitative estimate of drug-likeness (QED) is 0.347. The molecule has 3 aromatic carbocycles. The maximum absolute atomic E-state index is 12.8. The Bertz CT molecular complexity index is 1390.